The van der Waals surface area contributed by atoms with E-state index in [1.54, 1.807) is 0 Å². The van der Waals surface area contributed by atoms with Gasteiger partial charge in [-0.2, -0.15) is 0 Å². The zero-order valence-corrected chi connectivity index (χ0v) is 11.4. The fourth-order valence-electron chi connectivity index (χ4n) is 2.94. The molecule has 0 aliphatic heterocycles. The van der Waals surface area contributed by atoms with Crippen LogP contribution in [-0.2, 0) is 0 Å². The average Bonchev–Trinajstić information content (AvgIpc) is 2.28. The quantitative estimate of drug-likeness (QED) is 0.800. The van der Waals surface area contributed by atoms with Gasteiger partial charge < -0.3 is 10.1 Å². The molecule has 0 aromatic carbocycles. The summed E-state index contributed by atoms with van der Waals surface area (Å²) in [4.78, 5) is 15.0. The van der Waals surface area contributed by atoms with Crippen LogP contribution in [0.5, 0.6) is 5.75 Å². The summed E-state index contributed by atoms with van der Waals surface area (Å²) in [6.07, 6.45) is 8.19. The number of rotatable bonds is 1. The first kappa shape index (κ1) is 13.2. The third kappa shape index (κ3) is 2.60. The van der Waals surface area contributed by atoms with Crippen molar-refractivity contribution in [3.8, 4) is 5.75 Å². The van der Waals surface area contributed by atoms with E-state index >= 15 is 0 Å². The first-order chi connectivity index (χ1) is 8.61. The van der Waals surface area contributed by atoms with Gasteiger partial charge in [0.1, 0.15) is 5.75 Å². The van der Waals surface area contributed by atoms with E-state index < -0.39 is 0 Å². The highest BCUT2D eigenvalue weighted by molar-refractivity contribution is 5.42. The zero-order valence-electron chi connectivity index (χ0n) is 11.4. The molecule has 1 fully saturated rings. The van der Waals surface area contributed by atoms with Gasteiger partial charge in [0.15, 0.2) is 0 Å². The van der Waals surface area contributed by atoms with Crippen LogP contribution in [0.4, 0.5) is 0 Å². The molecule has 1 aromatic rings. The lowest BCUT2D eigenvalue weighted by Gasteiger charge is -2.21. The maximum absolute atomic E-state index is 12.1. The van der Waals surface area contributed by atoms with Gasteiger partial charge in [0.2, 0.25) is 0 Å². The fraction of sp³-hybridized carbons (Fsp3) is 0.667. The molecule has 0 spiro atoms. The number of H-pyrrole nitrogens is 1. The summed E-state index contributed by atoms with van der Waals surface area (Å²) < 4.78 is 0. The molecule has 1 saturated carbocycles. The molecular weight excluding hydrogens is 226 g/mol. The topological polar surface area (TPSA) is 53.1 Å². The summed E-state index contributed by atoms with van der Waals surface area (Å²) in [5.41, 5.74) is 2.11. The SMILES string of the molecule is Cc1[nH]c(=O)c(C2CCCCCCC2)c(O)c1C. The van der Waals surface area contributed by atoms with Gasteiger partial charge in [-0.15, -0.1) is 0 Å². The van der Waals surface area contributed by atoms with E-state index in [0.717, 1.165) is 36.9 Å². The van der Waals surface area contributed by atoms with E-state index in [1.807, 2.05) is 13.8 Å². The van der Waals surface area contributed by atoms with Crippen molar-refractivity contribution in [1.82, 2.24) is 4.98 Å². The number of aromatic amines is 1. The summed E-state index contributed by atoms with van der Waals surface area (Å²) in [7, 11) is 0. The van der Waals surface area contributed by atoms with Crippen LogP contribution in [0.15, 0.2) is 4.79 Å². The van der Waals surface area contributed by atoms with Crippen LogP contribution in [0, 0.1) is 13.8 Å². The van der Waals surface area contributed by atoms with Crippen molar-refractivity contribution < 1.29 is 5.11 Å². The largest absolute Gasteiger partial charge is 0.507 e. The second-order valence-electron chi connectivity index (χ2n) is 5.51. The molecule has 0 bridgehead atoms. The number of nitrogens with one attached hydrogen (secondary N) is 1. The molecule has 18 heavy (non-hydrogen) atoms. The lowest BCUT2D eigenvalue weighted by Crippen LogP contribution is -2.19. The Balaban J connectivity index is 2.36. The van der Waals surface area contributed by atoms with E-state index in [4.69, 9.17) is 0 Å². The number of aromatic hydroxyl groups is 1. The molecule has 0 radical (unpaired) electrons. The zero-order chi connectivity index (χ0) is 13.1. The lowest BCUT2D eigenvalue weighted by atomic mass is 9.85. The third-order valence-electron chi connectivity index (χ3n) is 4.23. The van der Waals surface area contributed by atoms with Crippen LogP contribution in [-0.4, -0.2) is 10.1 Å². The summed E-state index contributed by atoms with van der Waals surface area (Å²) >= 11 is 0. The van der Waals surface area contributed by atoms with E-state index in [9.17, 15) is 9.90 Å². The standard InChI is InChI=1S/C15H23NO2/c1-10-11(2)16-15(18)13(14(10)17)12-8-6-4-3-5-7-9-12/h12H,3-9H2,1-2H3,(H2,16,17,18). The van der Waals surface area contributed by atoms with E-state index in [0.29, 0.717) is 5.56 Å². The first-order valence-electron chi connectivity index (χ1n) is 7.03. The van der Waals surface area contributed by atoms with Crippen molar-refractivity contribution in [2.24, 2.45) is 0 Å². The maximum Gasteiger partial charge on any atom is 0.255 e. The normalized spacial score (nSPS) is 18.3. The Kier molecular flexibility index (Phi) is 4.10. The predicted octanol–water partition coefficient (Wildman–Crippen LogP) is 3.53. The number of aryl methyl sites for hydroxylation is 1. The van der Waals surface area contributed by atoms with Gasteiger partial charge >= 0.3 is 0 Å². The molecule has 1 aromatic heterocycles. The monoisotopic (exact) mass is 249 g/mol. The molecule has 3 heteroatoms. The highest BCUT2D eigenvalue weighted by Gasteiger charge is 2.22. The van der Waals surface area contributed by atoms with Gasteiger partial charge in [0.05, 0.1) is 5.56 Å². The number of hydrogen-bond donors (Lipinski definition) is 2. The smallest absolute Gasteiger partial charge is 0.255 e. The van der Waals surface area contributed by atoms with Crippen molar-refractivity contribution in [2.45, 2.75) is 64.7 Å². The molecule has 0 saturated heterocycles. The summed E-state index contributed by atoms with van der Waals surface area (Å²) in [6, 6.07) is 0. The van der Waals surface area contributed by atoms with Gasteiger partial charge in [0.25, 0.3) is 5.56 Å². The Labute approximate surface area is 108 Å². The van der Waals surface area contributed by atoms with Crippen molar-refractivity contribution in [2.75, 3.05) is 0 Å². The molecule has 0 amide bonds. The molecule has 2 N–H and O–H groups in total. The lowest BCUT2D eigenvalue weighted by molar-refractivity contribution is 0.418. The summed E-state index contributed by atoms with van der Waals surface area (Å²) in [5, 5.41) is 10.3. The Morgan fingerprint density at radius 3 is 2.22 bits per heavy atom. The Morgan fingerprint density at radius 2 is 1.61 bits per heavy atom. The Hall–Kier alpha value is -1.25. The fourth-order valence-corrected chi connectivity index (χ4v) is 2.94. The molecule has 1 aliphatic rings. The summed E-state index contributed by atoms with van der Waals surface area (Å²) in [5.74, 6) is 0.454. The molecule has 0 atom stereocenters. The van der Waals surface area contributed by atoms with Gasteiger partial charge in [-0.25, -0.2) is 0 Å². The van der Waals surface area contributed by atoms with Gasteiger partial charge in [-0.3, -0.25) is 4.79 Å². The molecule has 1 heterocycles. The van der Waals surface area contributed by atoms with Crippen LogP contribution in [0.25, 0.3) is 0 Å². The molecule has 0 unspecified atom stereocenters. The minimum Gasteiger partial charge on any atom is -0.507 e. The molecule has 100 valence electrons. The minimum atomic E-state index is -0.0961. The number of hydrogen-bond acceptors (Lipinski definition) is 2. The summed E-state index contributed by atoms with van der Waals surface area (Å²) in [6.45, 7) is 3.70. The van der Waals surface area contributed by atoms with E-state index in [2.05, 4.69) is 4.98 Å². The van der Waals surface area contributed by atoms with Gasteiger partial charge in [-0.05, 0) is 32.6 Å². The number of aromatic nitrogens is 1. The van der Waals surface area contributed by atoms with Crippen molar-refractivity contribution in [3.05, 3.63) is 27.2 Å². The highest BCUT2D eigenvalue weighted by atomic mass is 16.3. The highest BCUT2D eigenvalue weighted by Crippen LogP contribution is 2.35. The first-order valence-corrected chi connectivity index (χ1v) is 7.03. The predicted molar refractivity (Wildman–Crippen MR) is 73.3 cm³/mol. The average molecular weight is 249 g/mol. The van der Waals surface area contributed by atoms with E-state index in [1.165, 1.54) is 19.3 Å². The van der Waals surface area contributed by atoms with Crippen molar-refractivity contribution >= 4 is 0 Å². The molecule has 3 nitrogen and oxygen atoms in total. The minimum absolute atomic E-state index is 0.0961. The maximum atomic E-state index is 12.1. The second-order valence-corrected chi connectivity index (χ2v) is 5.51. The number of pyridine rings is 1. The van der Waals surface area contributed by atoms with Gasteiger partial charge in [0, 0.05) is 11.3 Å². The van der Waals surface area contributed by atoms with Gasteiger partial charge in [-0.1, -0.05) is 32.1 Å². The Morgan fingerprint density at radius 1 is 1.06 bits per heavy atom. The molecule has 1 aliphatic carbocycles. The molecule has 2 rings (SSSR count). The van der Waals surface area contributed by atoms with Crippen LogP contribution in [0.3, 0.4) is 0 Å². The van der Waals surface area contributed by atoms with E-state index in [-0.39, 0.29) is 17.2 Å². The second kappa shape index (κ2) is 5.59. The third-order valence-corrected chi connectivity index (χ3v) is 4.23. The van der Waals surface area contributed by atoms with Crippen LogP contribution in [0.1, 0.15) is 67.7 Å². The van der Waals surface area contributed by atoms with Crippen LogP contribution < -0.4 is 5.56 Å². The van der Waals surface area contributed by atoms with Crippen LogP contribution in [0.2, 0.25) is 0 Å². The Bertz CT molecular complexity index is 468. The van der Waals surface area contributed by atoms with Crippen molar-refractivity contribution in [1.29, 1.82) is 0 Å². The van der Waals surface area contributed by atoms with Crippen molar-refractivity contribution in [3.63, 3.8) is 0 Å². The van der Waals surface area contributed by atoms with Crippen LogP contribution >= 0.6 is 0 Å². The molecular formula is C15H23NO2.